The van der Waals surface area contributed by atoms with Gasteiger partial charge in [0.15, 0.2) is 11.6 Å². The molecule has 4 nitrogen and oxygen atoms in total. The summed E-state index contributed by atoms with van der Waals surface area (Å²) in [6.07, 6.45) is 13.2. The molecule has 0 bridgehead atoms. The van der Waals surface area contributed by atoms with Gasteiger partial charge in [0.2, 0.25) is 0 Å². The quantitative estimate of drug-likeness (QED) is 0.510. The molecule has 4 heteroatoms. The van der Waals surface area contributed by atoms with Gasteiger partial charge in [-0.1, -0.05) is 51.0 Å². The van der Waals surface area contributed by atoms with Crippen molar-refractivity contribution in [2.24, 2.45) is 28.6 Å². The Labute approximate surface area is 188 Å². The minimum absolute atomic E-state index is 0.272. The molecule has 0 radical (unpaired) electrons. The topological polar surface area (TPSA) is 36.9 Å². The van der Waals surface area contributed by atoms with Crippen molar-refractivity contribution in [3.05, 3.63) is 23.3 Å². The second-order valence-electron chi connectivity index (χ2n) is 11.1. The average Bonchev–Trinajstić information content (AvgIpc) is 3.49. The minimum Gasteiger partial charge on any atom is -0.348 e. The number of hydrogen-bond donors (Lipinski definition) is 0. The molecule has 6 aliphatic rings. The van der Waals surface area contributed by atoms with Gasteiger partial charge in [0.1, 0.15) is 0 Å². The zero-order valence-corrected chi connectivity index (χ0v) is 20.3. The van der Waals surface area contributed by atoms with E-state index in [-0.39, 0.29) is 22.4 Å². The van der Waals surface area contributed by atoms with Crippen LogP contribution in [0.2, 0.25) is 0 Å². The van der Waals surface area contributed by atoms with Crippen LogP contribution < -0.4 is 0 Å². The summed E-state index contributed by atoms with van der Waals surface area (Å²) in [7, 11) is 0. The molecule has 0 aromatic rings. The van der Waals surface area contributed by atoms with Gasteiger partial charge in [-0.05, 0) is 61.7 Å². The van der Waals surface area contributed by atoms with Crippen molar-refractivity contribution in [1.29, 1.82) is 0 Å². The maximum atomic E-state index is 6.15. The van der Waals surface area contributed by atoms with Crippen molar-refractivity contribution < 1.29 is 18.9 Å². The van der Waals surface area contributed by atoms with E-state index in [2.05, 4.69) is 32.9 Å². The van der Waals surface area contributed by atoms with E-state index in [0.29, 0.717) is 17.8 Å². The lowest BCUT2D eigenvalue weighted by atomic mass is 9.50. The molecule has 0 N–H and O–H groups in total. The van der Waals surface area contributed by atoms with E-state index >= 15 is 0 Å². The van der Waals surface area contributed by atoms with Gasteiger partial charge in [-0.25, -0.2) is 0 Å². The molecule has 0 amide bonds. The van der Waals surface area contributed by atoms with Crippen LogP contribution in [0.5, 0.6) is 0 Å². The summed E-state index contributed by atoms with van der Waals surface area (Å²) < 4.78 is 24.4. The molecule has 1 spiro atoms. The first-order valence-electron chi connectivity index (χ1n) is 12.9. The molecule has 2 heterocycles. The number of hydrogen-bond acceptors (Lipinski definition) is 4. The van der Waals surface area contributed by atoms with Crippen molar-refractivity contribution in [2.75, 3.05) is 26.4 Å². The third-order valence-corrected chi connectivity index (χ3v) is 9.88. The Bertz CT molecular complexity index is 757. The number of fused-ring (bicyclic) bond motifs is 5. The second kappa shape index (κ2) is 7.68. The van der Waals surface area contributed by atoms with Gasteiger partial charge >= 0.3 is 0 Å². The maximum Gasteiger partial charge on any atom is 0.172 e. The fraction of sp³-hybridized carbons (Fsp3) is 0.852. The molecule has 174 valence electrons. The second-order valence-corrected chi connectivity index (χ2v) is 11.1. The fourth-order valence-corrected chi connectivity index (χ4v) is 8.29. The largest absolute Gasteiger partial charge is 0.348 e. The van der Waals surface area contributed by atoms with Crippen molar-refractivity contribution in [3.63, 3.8) is 0 Å². The molecule has 4 aliphatic carbocycles. The lowest BCUT2D eigenvalue weighted by Gasteiger charge is -2.56. The van der Waals surface area contributed by atoms with Gasteiger partial charge in [0.05, 0.1) is 26.4 Å². The molecular weight excluding hydrogens is 388 g/mol. The summed E-state index contributed by atoms with van der Waals surface area (Å²) >= 11 is 0. The first-order chi connectivity index (χ1) is 14.9. The predicted octanol–water partition coefficient (Wildman–Crippen LogP) is 6.02. The Hall–Kier alpha value is -0.680. The van der Waals surface area contributed by atoms with Crippen LogP contribution in [0.3, 0.4) is 0 Å². The highest BCUT2D eigenvalue weighted by molar-refractivity contribution is 5.39. The van der Waals surface area contributed by atoms with Gasteiger partial charge in [-0.15, -0.1) is 0 Å². The average molecular weight is 431 g/mol. The van der Waals surface area contributed by atoms with Crippen molar-refractivity contribution in [2.45, 2.75) is 91.1 Å². The van der Waals surface area contributed by atoms with Gasteiger partial charge in [0.25, 0.3) is 0 Å². The smallest absolute Gasteiger partial charge is 0.172 e. The highest BCUT2D eigenvalue weighted by atomic mass is 16.7. The van der Waals surface area contributed by atoms with Crippen LogP contribution in [0.25, 0.3) is 0 Å². The highest BCUT2D eigenvalue weighted by Gasteiger charge is 2.62. The van der Waals surface area contributed by atoms with E-state index in [9.17, 15) is 0 Å². The van der Waals surface area contributed by atoms with Gasteiger partial charge in [0, 0.05) is 18.8 Å². The molecule has 3 saturated carbocycles. The van der Waals surface area contributed by atoms with Crippen LogP contribution in [-0.2, 0) is 18.9 Å². The van der Waals surface area contributed by atoms with E-state index in [1.54, 1.807) is 11.1 Å². The zero-order chi connectivity index (χ0) is 21.9. The van der Waals surface area contributed by atoms with E-state index in [4.69, 9.17) is 18.9 Å². The van der Waals surface area contributed by atoms with Crippen molar-refractivity contribution >= 4 is 0 Å². The third kappa shape index (κ3) is 3.15. The van der Waals surface area contributed by atoms with Crippen molar-refractivity contribution in [1.82, 2.24) is 0 Å². The molecule has 5 fully saturated rings. The maximum absolute atomic E-state index is 6.15. The summed E-state index contributed by atoms with van der Waals surface area (Å²) in [5, 5.41) is 0. The molecule has 2 aliphatic heterocycles. The molecule has 6 rings (SSSR count). The molecule has 0 aromatic carbocycles. The minimum atomic E-state index is -0.384. The number of ether oxygens (including phenoxy) is 4. The van der Waals surface area contributed by atoms with E-state index < -0.39 is 0 Å². The SMILES string of the molecule is CC.CC1(C2CC[C@H]3C4=CC=C5CC6(CC[C@]5(C)[C@H]4CCC23C)OCCO6)OCCO1. The summed E-state index contributed by atoms with van der Waals surface area (Å²) in [4.78, 5) is 0. The fourth-order valence-electron chi connectivity index (χ4n) is 8.29. The normalized spacial score (nSPS) is 44.5. The molecule has 2 unspecified atom stereocenters. The van der Waals surface area contributed by atoms with Gasteiger partial charge in [-0.3, -0.25) is 0 Å². The van der Waals surface area contributed by atoms with Crippen LogP contribution in [0.1, 0.15) is 79.6 Å². The zero-order valence-electron chi connectivity index (χ0n) is 20.3. The number of allylic oxidation sites excluding steroid dienone is 3. The lowest BCUT2D eigenvalue weighted by molar-refractivity contribution is -0.208. The van der Waals surface area contributed by atoms with Gasteiger partial charge in [-0.2, -0.15) is 0 Å². The summed E-state index contributed by atoms with van der Waals surface area (Å²) in [5.74, 6) is 1.13. The summed E-state index contributed by atoms with van der Waals surface area (Å²) in [5.41, 5.74) is 3.84. The van der Waals surface area contributed by atoms with Crippen molar-refractivity contribution in [3.8, 4) is 0 Å². The predicted molar refractivity (Wildman–Crippen MR) is 121 cm³/mol. The molecule has 31 heavy (non-hydrogen) atoms. The standard InChI is InChI=1S/C25H36O4.C2H6/c1-22-10-11-25(28-14-15-29-25)16-17(22)4-5-18-19-6-7-21(24(3)26-12-13-27-24)23(19,2)9-8-20(18)22;1-2/h4-5,19-21H,6-16H2,1-3H3;1-2H3/t19-,20-,21?,22-,23?;/m0./s1. The Balaban J connectivity index is 0.000000994. The lowest BCUT2D eigenvalue weighted by Crippen LogP contribution is -2.51. The third-order valence-electron chi connectivity index (χ3n) is 9.88. The van der Waals surface area contributed by atoms with Crippen LogP contribution in [0.4, 0.5) is 0 Å². The van der Waals surface area contributed by atoms with Gasteiger partial charge < -0.3 is 18.9 Å². The highest BCUT2D eigenvalue weighted by Crippen LogP contribution is 2.67. The van der Waals surface area contributed by atoms with Crippen LogP contribution in [0, 0.1) is 28.6 Å². The Kier molecular flexibility index (Phi) is 5.49. The van der Waals surface area contributed by atoms with Crippen LogP contribution >= 0.6 is 0 Å². The monoisotopic (exact) mass is 430 g/mol. The molecule has 0 aromatic heterocycles. The Morgan fingerprint density at radius 1 is 0.742 bits per heavy atom. The van der Waals surface area contributed by atoms with Crippen LogP contribution in [0.15, 0.2) is 23.3 Å². The molecule has 5 atom stereocenters. The molecule has 2 saturated heterocycles. The number of rotatable bonds is 1. The van der Waals surface area contributed by atoms with Crippen LogP contribution in [-0.4, -0.2) is 38.0 Å². The van der Waals surface area contributed by atoms with E-state index in [1.165, 1.54) is 32.1 Å². The summed E-state index contributed by atoms with van der Waals surface area (Å²) in [6.45, 7) is 14.2. The molecular formula is C27H42O4. The first kappa shape index (κ1) is 22.1. The van der Waals surface area contributed by atoms with E-state index in [1.807, 2.05) is 13.8 Å². The first-order valence-corrected chi connectivity index (χ1v) is 12.9. The Morgan fingerprint density at radius 3 is 2.13 bits per heavy atom. The Morgan fingerprint density at radius 2 is 1.42 bits per heavy atom. The summed E-state index contributed by atoms with van der Waals surface area (Å²) in [6, 6.07) is 0. The van der Waals surface area contributed by atoms with E-state index in [0.717, 1.165) is 39.3 Å².